The maximum atomic E-state index is 12.1. The average Bonchev–Trinajstić information content (AvgIpc) is 2.97. The molecule has 0 saturated carbocycles. The van der Waals surface area contributed by atoms with Gasteiger partial charge < -0.3 is 39.3 Å². The minimum Gasteiger partial charge on any atom is -0.466 e. The van der Waals surface area contributed by atoms with Gasteiger partial charge in [0, 0.05) is 63.9 Å². The van der Waals surface area contributed by atoms with Crippen LogP contribution in [0.1, 0.15) is 51.9 Å². The maximum Gasteiger partial charge on any atom is 0.307 e. The molecule has 0 aliphatic carbocycles. The van der Waals surface area contributed by atoms with E-state index in [2.05, 4.69) is 22.2 Å². The number of hydrogen-bond acceptors (Lipinski definition) is 13. The molecule has 0 aromatic carbocycles. The molecule has 0 unspecified atom stereocenters. The van der Waals surface area contributed by atoms with Gasteiger partial charge in [-0.05, 0) is 52.4 Å². The van der Waals surface area contributed by atoms with E-state index in [-0.39, 0.29) is 37.4 Å². The number of likely N-dealkylation sites (N-methyl/N-ethyl adjacent to an activating group) is 1. The number of nitrogens with zero attached hydrogens (tertiary/aromatic N) is 3. The van der Waals surface area contributed by atoms with Gasteiger partial charge in [-0.25, -0.2) is 0 Å². The third-order valence-electron chi connectivity index (χ3n) is 6.49. The van der Waals surface area contributed by atoms with Crippen molar-refractivity contribution >= 4 is 39.5 Å². The summed E-state index contributed by atoms with van der Waals surface area (Å²) in [6, 6.07) is 0. The summed E-state index contributed by atoms with van der Waals surface area (Å²) in [6.45, 7) is 12.1. The third-order valence-corrected chi connectivity index (χ3v) is 8.82. The first-order valence-electron chi connectivity index (χ1n) is 15.1. The minimum atomic E-state index is -0.266. The molecular weight excluding hydrogens is 568 g/mol. The number of rotatable bonds is 26. The van der Waals surface area contributed by atoms with Crippen molar-refractivity contribution in [1.82, 2.24) is 20.0 Å². The number of aliphatic hydroxyl groups excluding tert-OH is 1. The Morgan fingerprint density at radius 1 is 0.780 bits per heavy atom. The highest BCUT2D eigenvalue weighted by molar-refractivity contribution is 8.76. The molecule has 1 aliphatic rings. The van der Waals surface area contributed by atoms with Crippen LogP contribution in [0, 0.1) is 0 Å². The molecule has 1 heterocycles. The van der Waals surface area contributed by atoms with Gasteiger partial charge in [-0.15, -0.1) is 0 Å². The summed E-state index contributed by atoms with van der Waals surface area (Å²) in [5, 5.41) is 12.3. The van der Waals surface area contributed by atoms with Crippen molar-refractivity contribution in [3.63, 3.8) is 0 Å². The zero-order chi connectivity index (χ0) is 30.0. The van der Waals surface area contributed by atoms with Crippen LogP contribution in [0.4, 0.5) is 0 Å². The van der Waals surface area contributed by atoms with Gasteiger partial charge in [-0.1, -0.05) is 28.5 Å². The Labute approximate surface area is 255 Å². The molecule has 13 heteroatoms. The second kappa shape index (κ2) is 26.5. The molecule has 41 heavy (non-hydrogen) atoms. The Kier molecular flexibility index (Phi) is 24.5. The van der Waals surface area contributed by atoms with Gasteiger partial charge in [0.05, 0.1) is 25.9 Å². The first kappa shape index (κ1) is 37.9. The summed E-state index contributed by atoms with van der Waals surface area (Å²) in [5.74, 6) is 0.668. The van der Waals surface area contributed by atoms with Crippen molar-refractivity contribution in [3.8, 4) is 0 Å². The summed E-state index contributed by atoms with van der Waals surface area (Å²) in [4.78, 5) is 42.7. The number of aliphatic hydroxyl groups is 1. The molecule has 11 nitrogen and oxygen atoms in total. The van der Waals surface area contributed by atoms with Crippen LogP contribution in [0.3, 0.4) is 0 Å². The molecule has 1 saturated heterocycles. The van der Waals surface area contributed by atoms with Crippen LogP contribution in [0.25, 0.3) is 0 Å². The fourth-order valence-electron chi connectivity index (χ4n) is 4.03. The van der Waals surface area contributed by atoms with Gasteiger partial charge >= 0.3 is 17.9 Å². The summed E-state index contributed by atoms with van der Waals surface area (Å²) in [7, 11) is 5.34. The molecule has 0 aromatic rings. The smallest absolute Gasteiger partial charge is 0.307 e. The Morgan fingerprint density at radius 3 is 1.95 bits per heavy atom. The predicted octanol–water partition coefficient (Wildman–Crippen LogP) is 1.88. The second-order valence-electron chi connectivity index (χ2n) is 10.1. The summed E-state index contributed by atoms with van der Waals surface area (Å²) in [6.07, 6.45) is 4.27. The van der Waals surface area contributed by atoms with Crippen LogP contribution in [0.2, 0.25) is 0 Å². The molecule has 0 atom stereocenters. The van der Waals surface area contributed by atoms with E-state index >= 15 is 0 Å². The zero-order valence-electron chi connectivity index (χ0n) is 25.3. The normalized spacial score (nSPS) is 14.3. The first-order chi connectivity index (χ1) is 19.9. The highest BCUT2D eigenvalue weighted by Gasteiger charge is 2.13. The third kappa shape index (κ3) is 23.1. The van der Waals surface area contributed by atoms with Gasteiger partial charge in [0.2, 0.25) is 0 Å². The number of esters is 3. The van der Waals surface area contributed by atoms with Crippen molar-refractivity contribution in [2.45, 2.75) is 51.9 Å². The standard InChI is InChI=1S/C28H54N4O7S2/c1-3-21-37-27(35)8-14-31(12-4-5-20-33)15-9-28(36)39-23-25-41-40-24-22-38-26(34)7-11-29-10-6-13-32-18-16-30(2)17-19-32/h29,33H,3-25H2,1-2H3. The number of unbranched alkanes of at least 4 members (excludes halogenated alkanes) is 1. The van der Waals surface area contributed by atoms with Gasteiger partial charge in [-0.2, -0.15) is 0 Å². The topological polar surface area (TPSA) is 121 Å². The van der Waals surface area contributed by atoms with Crippen molar-refractivity contribution in [2.75, 3.05) is 110 Å². The van der Waals surface area contributed by atoms with Crippen molar-refractivity contribution in [2.24, 2.45) is 0 Å². The quantitative estimate of drug-likeness (QED) is 0.0633. The van der Waals surface area contributed by atoms with E-state index in [0.29, 0.717) is 70.3 Å². The SMILES string of the molecule is CCCOC(=O)CCN(CCCCO)CCC(=O)OCCSSCCOC(=O)CCNCCCN1CCN(C)CC1. The van der Waals surface area contributed by atoms with Gasteiger partial charge in [0.1, 0.15) is 13.2 Å². The molecule has 2 N–H and O–H groups in total. The molecule has 0 radical (unpaired) electrons. The molecule has 0 spiro atoms. The van der Waals surface area contributed by atoms with E-state index in [1.807, 2.05) is 11.8 Å². The predicted molar refractivity (Wildman–Crippen MR) is 166 cm³/mol. The Balaban J connectivity index is 1.96. The van der Waals surface area contributed by atoms with E-state index in [1.165, 1.54) is 0 Å². The highest BCUT2D eigenvalue weighted by atomic mass is 33.1. The number of piperazine rings is 1. The number of hydrogen-bond donors (Lipinski definition) is 2. The highest BCUT2D eigenvalue weighted by Crippen LogP contribution is 2.20. The lowest BCUT2D eigenvalue weighted by molar-refractivity contribution is -0.144. The van der Waals surface area contributed by atoms with E-state index in [9.17, 15) is 14.4 Å². The van der Waals surface area contributed by atoms with Crippen molar-refractivity contribution < 1.29 is 33.7 Å². The van der Waals surface area contributed by atoms with Crippen molar-refractivity contribution in [1.29, 1.82) is 0 Å². The number of carbonyl (C=O) groups excluding carboxylic acids is 3. The number of carbonyl (C=O) groups is 3. The molecule has 0 aromatic heterocycles. The fraction of sp³-hybridized carbons (Fsp3) is 0.893. The van der Waals surface area contributed by atoms with E-state index in [4.69, 9.17) is 19.3 Å². The average molecular weight is 623 g/mol. The van der Waals surface area contributed by atoms with Crippen LogP contribution < -0.4 is 5.32 Å². The van der Waals surface area contributed by atoms with E-state index in [1.54, 1.807) is 21.6 Å². The molecule has 0 amide bonds. The second-order valence-corrected chi connectivity index (χ2v) is 12.8. The van der Waals surface area contributed by atoms with Crippen LogP contribution in [-0.4, -0.2) is 148 Å². The lowest BCUT2D eigenvalue weighted by atomic mass is 10.2. The van der Waals surface area contributed by atoms with E-state index < -0.39 is 0 Å². The summed E-state index contributed by atoms with van der Waals surface area (Å²) in [5.41, 5.74) is 0. The largest absolute Gasteiger partial charge is 0.466 e. The minimum absolute atomic E-state index is 0.127. The lowest BCUT2D eigenvalue weighted by Crippen LogP contribution is -2.45. The Hall–Kier alpha value is -1.09. The number of ether oxygens (including phenoxy) is 3. The lowest BCUT2D eigenvalue weighted by Gasteiger charge is -2.32. The summed E-state index contributed by atoms with van der Waals surface area (Å²) >= 11 is 0. The molecule has 0 bridgehead atoms. The van der Waals surface area contributed by atoms with Crippen molar-refractivity contribution in [3.05, 3.63) is 0 Å². The maximum absolute atomic E-state index is 12.1. The number of nitrogens with one attached hydrogen (secondary N) is 1. The van der Waals surface area contributed by atoms with Crippen LogP contribution in [-0.2, 0) is 28.6 Å². The summed E-state index contributed by atoms with van der Waals surface area (Å²) < 4.78 is 15.7. The van der Waals surface area contributed by atoms with Gasteiger partial charge in [0.25, 0.3) is 0 Å². The van der Waals surface area contributed by atoms with Crippen LogP contribution in [0.5, 0.6) is 0 Å². The van der Waals surface area contributed by atoms with Crippen LogP contribution >= 0.6 is 21.6 Å². The Bertz CT molecular complexity index is 686. The van der Waals surface area contributed by atoms with Gasteiger partial charge in [-0.3, -0.25) is 14.4 Å². The molecule has 1 rings (SSSR count). The van der Waals surface area contributed by atoms with E-state index in [0.717, 1.165) is 58.5 Å². The molecular formula is C28H54N4O7S2. The molecule has 1 aliphatic heterocycles. The molecule has 1 fully saturated rings. The van der Waals surface area contributed by atoms with Gasteiger partial charge in [0.15, 0.2) is 0 Å². The first-order valence-corrected chi connectivity index (χ1v) is 17.6. The Morgan fingerprint density at radius 2 is 1.37 bits per heavy atom. The fourth-order valence-corrected chi connectivity index (χ4v) is 5.68. The van der Waals surface area contributed by atoms with Crippen LogP contribution in [0.15, 0.2) is 0 Å². The zero-order valence-corrected chi connectivity index (χ0v) is 27.0. The monoisotopic (exact) mass is 622 g/mol. The molecule has 240 valence electrons.